The Hall–Kier alpha value is -5.40. The van der Waals surface area contributed by atoms with E-state index in [1.54, 1.807) is 11.1 Å². The molecule has 4 aromatic rings. The summed E-state index contributed by atoms with van der Waals surface area (Å²) in [6.45, 7) is 0. The molecule has 1 nitrogen and oxygen atoms in total. The summed E-state index contributed by atoms with van der Waals surface area (Å²) in [5.41, 5.74) is 14.9. The molecule has 0 aromatic heterocycles. The summed E-state index contributed by atoms with van der Waals surface area (Å²) in [5, 5.41) is 0. The van der Waals surface area contributed by atoms with Crippen molar-refractivity contribution < 1.29 is 0 Å². The Morgan fingerprint density at radius 3 is 1.92 bits per heavy atom. The van der Waals surface area contributed by atoms with Crippen LogP contribution in [0, 0.1) is 17.8 Å². The van der Waals surface area contributed by atoms with Crippen LogP contribution in [0.15, 0.2) is 187 Å². The third kappa shape index (κ3) is 4.46. The number of hydrogen-bond acceptors (Lipinski definition) is 1. The molecule has 0 N–H and O–H groups in total. The van der Waals surface area contributed by atoms with Crippen LogP contribution in [0.25, 0.3) is 16.7 Å². The van der Waals surface area contributed by atoms with Crippen molar-refractivity contribution in [3.63, 3.8) is 0 Å². The highest BCUT2D eigenvalue weighted by atomic mass is 15.1. The highest BCUT2D eigenvalue weighted by Gasteiger charge is 2.61. The van der Waals surface area contributed by atoms with Gasteiger partial charge in [-0.05, 0) is 101 Å². The molecule has 0 saturated heterocycles. The van der Waals surface area contributed by atoms with E-state index in [1.807, 2.05) is 0 Å². The molecule has 1 heteroatoms. The SMILES string of the molecule is C1=CCCC(c2ccc(N(c3ccc(-c4ccccc4)cc3)c3ccc4c(c3)C3(C5=C(CCC=C5)C5C=CC=CC53)C3C=CC=C[C@@H]43)cc2)=C1. The van der Waals surface area contributed by atoms with E-state index >= 15 is 0 Å². The zero-order valence-electron chi connectivity index (χ0n) is 28.3. The standard InChI is InChI=1S/C49H41N/c1-3-13-34(14-4-1)36-23-27-38(28-24-36)50(39-29-25-37(26-30-39)35-15-5-2-6-16-35)40-31-32-44-43-19-9-12-22-47(43)49(48(44)33-40)45-20-10-7-17-41(45)42-18-8-11-21-46(42)49/h1-5,7,9-15,17,19-33,41,43,45,47H,6,8,16,18H2/t41?,43-,45?,47?,49?/m0/s1. The van der Waals surface area contributed by atoms with Crippen molar-refractivity contribution in [3.05, 3.63) is 204 Å². The fraction of sp³-hybridized carbons (Fsp3) is 0.184. The Morgan fingerprint density at radius 1 is 0.540 bits per heavy atom. The molecule has 0 amide bonds. The predicted molar refractivity (Wildman–Crippen MR) is 210 cm³/mol. The lowest BCUT2D eigenvalue weighted by Gasteiger charge is -2.42. The van der Waals surface area contributed by atoms with Crippen LogP contribution in [-0.4, -0.2) is 0 Å². The topological polar surface area (TPSA) is 3.24 Å². The highest BCUT2D eigenvalue weighted by Crippen LogP contribution is 2.68. The van der Waals surface area contributed by atoms with Crippen molar-refractivity contribution in [2.75, 3.05) is 4.90 Å². The van der Waals surface area contributed by atoms with E-state index in [2.05, 4.69) is 181 Å². The lowest BCUT2D eigenvalue weighted by molar-refractivity contribution is 0.295. The van der Waals surface area contributed by atoms with Gasteiger partial charge in [-0.25, -0.2) is 0 Å². The van der Waals surface area contributed by atoms with Crippen LogP contribution >= 0.6 is 0 Å². The molecule has 0 saturated carbocycles. The lowest BCUT2D eigenvalue weighted by Crippen LogP contribution is -2.40. The Bertz CT molecular complexity index is 2220. The van der Waals surface area contributed by atoms with Crippen LogP contribution in [0.2, 0.25) is 0 Å². The number of rotatable bonds is 5. The monoisotopic (exact) mass is 643 g/mol. The molecule has 4 unspecified atom stereocenters. The van der Waals surface area contributed by atoms with Gasteiger partial charge in [-0.2, -0.15) is 0 Å². The maximum Gasteiger partial charge on any atom is 0.0464 e. The van der Waals surface area contributed by atoms with Crippen molar-refractivity contribution in [1.82, 2.24) is 0 Å². The minimum absolute atomic E-state index is 0.0941. The maximum atomic E-state index is 2.57. The average Bonchev–Trinajstić information content (AvgIpc) is 3.66. The number of hydrogen-bond donors (Lipinski definition) is 0. The van der Waals surface area contributed by atoms with Gasteiger partial charge in [0.05, 0.1) is 0 Å². The van der Waals surface area contributed by atoms with Gasteiger partial charge in [0, 0.05) is 46.1 Å². The van der Waals surface area contributed by atoms with E-state index in [4.69, 9.17) is 0 Å². The maximum absolute atomic E-state index is 2.57. The first kappa shape index (κ1) is 29.5. The number of anilines is 3. The lowest BCUT2D eigenvalue weighted by atomic mass is 9.60. The molecule has 0 heterocycles. The average molecular weight is 644 g/mol. The van der Waals surface area contributed by atoms with Gasteiger partial charge >= 0.3 is 0 Å². The fourth-order valence-corrected chi connectivity index (χ4v) is 10.1. The van der Waals surface area contributed by atoms with Crippen LogP contribution in [0.5, 0.6) is 0 Å². The molecule has 4 aromatic carbocycles. The highest BCUT2D eigenvalue weighted by molar-refractivity contribution is 5.81. The molecule has 10 rings (SSSR count). The van der Waals surface area contributed by atoms with Gasteiger partial charge in [0.15, 0.2) is 0 Å². The number of fused-ring (bicyclic) bond motifs is 9. The summed E-state index contributed by atoms with van der Waals surface area (Å²) < 4.78 is 0. The quantitative estimate of drug-likeness (QED) is 0.209. The first-order valence-corrected chi connectivity index (χ1v) is 18.5. The molecule has 0 radical (unpaired) electrons. The van der Waals surface area contributed by atoms with E-state index in [0.717, 1.165) is 25.7 Å². The van der Waals surface area contributed by atoms with Gasteiger partial charge < -0.3 is 4.90 Å². The van der Waals surface area contributed by atoms with E-state index in [9.17, 15) is 0 Å². The third-order valence-corrected chi connectivity index (χ3v) is 12.2. The second-order valence-corrected chi connectivity index (χ2v) is 14.6. The molecular formula is C49H41N. The molecule has 6 aliphatic rings. The summed E-state index contributed by atoms with van der Waals surface area (Å²) in [6.07, 6.45) is 35.4. The molecule has 0 aliphatic heterocycles. The van der Waals surface area contributed by atoms with Gasteiger partial charge in [-0.3, -0.25) is 0 Å². The number of allylic oxidation sites excluding steroid dienone is 16. The summed E-state index contributed by atoms with van der Waals surface area (Å²) in [6, 6.07) is 36.5. The van der Waals surface area contributed by atoms with E-state index in [1.165, 1.54) is 50.5 Å². The Morgan fingerprint density at radius 2 is 1.18 bits per heavy atom. The minimum Gasteiger partial charge on any atom is -0.310 e. The van der Waals surface area contributed by atoms with E-state index < -0.39 is 0 Å². The van der Waals surface area contributed by atoms with Gasteiger partial charge in [-0.15, -0.1) is 0 Å². The Kier molecular flexibility index (Phi) is 7.01. The van der Waals surface area contributed by atoms with Crippen molar-refractivity contribution in [1.29, 1.82) is 0 Å². The minimum atomic E-state index is -0.0941. The van der Waals surface area contributed by atoms with Crippen molar-refractivity contribution in [2.24, 2.45) is 17.8 Å². The van der Waals surface area contributed by atoms with Gasteiger partial charge in [0.2, 0.25) is 0 Å². The van der Waals surface area contributed by atoms with Crippen molar-refractivity contribution >= 4 is 22.6 Å². The Labute approximate surface area is 296 Å². The van der Waals surface area contributed by atoms with Crippen LogP contribution in [0.1, 0.15) is 48.3 Å². The van der Waals surface area contributed by atoms with Gasteiger partial charge in [-0.1, -0.05) is 145 Å². The van der Waals surface area contributed by atoms with Crippen molar-refractivity contribution in [3.8, 4) is 11.1 Å². The van der Waals surface area contributed by atoms with Crippen LogP contribution in [0.4, 0.5) is 17.1 Å². The summed E-state index contributed by atoms with van der Waals surface area (Å²) in [7, 11) is 0. The molecule has 0 bridgehead atoms. The second-order valence-electron chi connectivity index (χ2n) is 14.6. The fourth-order valence-electron chi connectivity index (χ4n) is 10.1. The second kappa shape index (κ2) is 11.9. The van der Waals surface area contributed by atoms with Crippen LogP contribution in [0.3, 0.4) is 0 Å². The summed E-state index contributed by atoms with van der Waals surface area (Å²) >= 11 is 0. The first-order chi connectivity index (χ1) is 24.8. The van der Waals surface area contributed by atoms with Gasteiger partial charge in [0.25, 0.3) is 0 Å². The smallest absolute Gasteiger partial charge is 0.0464 e. The van der Waals surface area contributed by atoms with Gasteiger partial charge in [0.1, 0.15) is 0 Å². The molecule has 5 atom stereocenters. The first-order valence-electron chi connectivity index (χ1n) is 18.5. The molecule has 0 fully saturated rings. The number of benzene rings is 4. The normalized spacial score (nSPS) is 26.5. The molecule has 1 spiro atoms. The third-order valence-electron chi connectivity index (χ3n) is 12.2. The summed E-state index contributed by atoms with van der Waals surface area (Å²) in [4.78, 5) is 2.48. The molecule has 6 aliphatic carbocycles. The Balaban J connectivity index is 1.15. The molecular weight excluding hydrogens is 603 g/mol. The van der Waals surface area contributed by atoms with Crippen LogP contribution < -0.4 is 4.90 Å². The number of nitrogens with zero attached hydrogens (tertiary/aromatic N) is 1. The van der Waals surface area contributed by atoms with Crippen LogP contribution in [-0.2, 0) is 5.41 Å². The van der Waals surface area contributed by atoms with Crippen molar-refractivity contribution in [2.45, 2.75) is 37.0 Å². The zero-order chi connectivity index (χ0) is 33.1. The molecule has 50 heavy (non-hydrogen) atoms. The van der Waals surface area contributed by atoms with E-state index in [-0.39, 0.29) is 5.41 Å². The van der Waals surface area contributed by atoms with E-state index in [0.29, 0.717) is 23.7 Å². The zero-order valence-corrected chi connectivity index (χ0v) is 28.3. The predicted octanol–water partition coefficient (Wildman–Crippen LogP) is 12.7. The largest absolute Gasteiger partial charge is 0.310 e. The molecule has 242 valence electrons. The summed E-state index contributed by atoms with van der Waals surface area (Å²) in [5.74, 6) is 1.65.